The number of nitro benzene ring substituents is 1. The Bertz CT molecular complexity index is 1470. The van der Waals surface area contributed by atoms with Crippen LogP contribution in [0.25, 0.3) is 16.6 Å². The van der Waals surface area contributed by atoms with E-state index in [4.69, 9.17) is 0 Å². The van der Waals surface area contributed by atoms with E-state index in [-0.39, 0.29) is 23.3 Å². The highest BCUT2D eigenvalue weighted by atomic mass is 32.1. The molecule has 1 aromatic heterocycles. The molecular weight excluding hydrogens is 454 g/mol. The third kappa shape index (κ3) is 4.60. The number of carboxylic acids is 1. The number of aryl methyl sites for hydroxylation is 2. The lowest BCUT2D eigenvalue weighted by Gasteiger charge is -2.14. The van der Waals surface area contributed by atoms with Gasteiger partial charge in [-0.1, -0.05) is 30.3 Å². The second-order valence-corrected chi connectivity index (χ2v) is 8.38. The van der Waals surface area contributed by atoms with Crippen molar-refractivity contribution in [3.63, 3.8) is 0 Å². The number of rotatable bonds is 7. The van der Waals surface area contributed by atoms with Gasteiger partial charge in [-0.25, -0.2) is 4.79 Å². The molecule has 34 heavy (non-hydrogen) atoms. The maximum Gasteiger partial charge on any atom is 0.336 e. The van der Waals surface area contributed by atoms with Gasteiger partial charge in [-0.3, -0.25) is 14.9 Å². The maximum absolute atomic E-state index is 13.7. The van der Waals surface area contributed by atoms with Gasteiger partial charge in [-0.05, 0) is 54.3 Å². The van der Waals surface area contributed by atoms with Gasteiger partial charge in [0.15, 0.2) is 5.78 Å². The summed E-state index contributed by atoms with van der Waals surface area (Å²) in [6, 6.07) is 15.8. The van der Waals surface area contributed by atoms with Crippen LogP contribution < -0.4 is 0 Å². The normalized spacial score (nSPS) is 11.8. The Balaban J connectivity index is 1.90. The van der Waals surface area contributed by atoms with Crippen LogP contribution in [0.3, 0.4) is 0 Å². The summed E-state index contributed by atoms with van der Waals surface area (Å²) >= 11 is 1.02. The second-order valence-electron chi connectivity index (χ2n) is 7.85. The fourth-order valence-corrected chi connectivity index (χ4v) is 4.16. The highest BCUT2D eigenvalue weighted by Crippen LogP contribution is 2.28. The molecule has 1 N–H and O–H groups in total. The van der Waals surface area contributed by atoms with Crippen LogP contribution in [-0.4, -0.2) is 30.5 Å². The molecule has 0 spiro atoms. The first-order chi connectivity index (χ1) is 16.2. The number of hydrogen-bond acceptors (Lipinski definition) is 7. The Labute approximate surface area is 198 Å². The van der Waals surface area contributed by atoms with Crippen LogP contribution in [0.15, 0.2) is 66.2 Å². The third-order valence-corrected chi connectivity index (χ3v) is 6.19. The Morgan fingerprint density at radius 3 is 2.24 bits per heavy atom. The monoisotopic (exact) mass is 473 g/mol. The first kappa shape index (κ1) is 22.9. The molecule has 0 unspecified atom stereocenters. The number of allylic oxidation sites excluding steroid dienone is 1. The zero-order chi connectivity index (χ0) is 24.4. The van der Waals surface area contributed by atoms with Crippen molar-refractivity contribution in [1.29, 1.82) is 0 Å². The van der Waals surface area contributed by atoms with E-state index in [0.29, 0.717) is 27.7 Å². The van der Waals surface area contributed by atoms with Crippen molar-refractivity contribution in [3.05, 3.63) is 104 Å². The third-order valence-electron chi connectivity index (χ3n) is 5.63. The predicted octanol–water partition coefficient (Wildman–Crippen LogP) is 5.18. The lowest BCUT2D eigenvalue weighted by Crippen LogP contribution is -2.14. The molecule has 0 fully saturated rings. The molecule has 0 radical (unpaired) electrons. The van der Waals surface area contributed by atoms with Crippen molar-refractivity contribution in [1.82, 2.24) is 8.75 Å². The number of carboxylic acid groups (broad SMARTS) is 1. The Kier molecular flexibility index (Phi) is 6.29. The standard InChI is InChI=1S/C25H19N3O5S/c1-14-3-6-18(11-15(14)2)24(29)20(12-16-4-8-19(9-5-16)28(32)33)23(25(30)31)17-7-10-21-22(13-17)27-34-26-21/h3-11,13H,12H2,1-2H3,(H,30,31)/b23-20+. The summed E-state index contributed by atoms with van der Waals surface area (Å²) in [6.07, 6.45) is -0.0151. The largest absolute Gasteiger partial charge is 0.478 e. The Morgan fingerprint density at radius 2 is 1.59 bits per heavy atom. The quantitative estimate of drug-likeness (QED) is 0.170. The minimum absolute atomic E-state index is 0.0151. The number of aromatic nitrogens is 2. The van der Waals surface area contributed by atoms with Crippen LogP contribution >= 0.6 is 11.7 Å². The summed E-state index contributed by atoms with van der Waals surface area (Å²) in [7, 11) is 0. The first-order valence-electron chi connectivity index (χ1n) is 10.3. The minimum Gasteiger partial charge on any atom is -0.478 e. The molecule has 4 aromatic rings. The van der Waals surface area contributed by atoms with E-state index in [9.17, 15) is 24.8 Å². The van der Waals surface area contributed by atoms with Gasteiger partial charge < -0.3 is 5.11 Å². The molecule has 4 rings (SSSR count). The van der Waals surface area contributed by atoms with Gasteiger partial charge in [-0.15, -0.1) is 0 Å². The van der Waals surface area contributed by atoms with E-state index in [1.165, 1.54) is 24.3 Å². The van der Waals surface area contributed by atoms with E-state index in [1.54, 1.807) is 30.3 Å². The van der Waals surface area contributed by atoms with Gasteiger partial charge in [0.2, 0.25) is 0 Å². The molecule has 9 heteroatoms. The number of fused-ring (bicyclic) bond motifs is 1. The van der Waals surface area contributed by atoms with Crippen molar-refractivity contribution in [2.45, 2.75) is 20.3 Å². The average Bonchev–Trinajstić information content (AvgIpc) is 3.28. The van der Waals surface area contributed by atoms with Crippen LogP contribution in [0.4, 0.5) is 5.69 Å². The molecule has 0 atom stereocenters. The number of aliphatic carboxylic acids is 1. The number of hydrogen-bond donors (Lipinski definition) is 1. The molecule has 8 nitrogen and oxygen atoms in total. The summed E-state index contributed by atoms with van der Waals surface area (Å²) in [5.41, 5.74) is 4.22. The summed E-state index contributed by atoms with van der Waals surface area (Å²) in [5, 5.41) is 21.2. The van der Waals surface area contributed by atoms with E-state index in [2.05, 4.69) is 8.75 Å². The highest BCUT2D eigenvalue weighted by molar-refractivity contribution is 7.00. The van der Waals surface area contributed by atoms with Gasteiger partial charge in [0.05, 0.1) is 22.2 Å². The Hall–Kier alpha value is -4.24. The zero-order valence-electron chi connectivity index (χ0n) is 18.3. The molecule has 0 aliphatic carbocycles. The number of Topliss-reactive ketones (excluding diaryl/α,β-unsaturated/α-hetero) is 1. The summed E-state index contributed by atoms with van der Waals surface area (Å²) in [6.45, 7) is 3.81. The predicted molar refractivity (Wildman–Crippen MR) is 129 cm³/mol. The van der Waals surface area contributed by atoms with Crippen molar-refractivity contribution < 1.29 is 19.6 Å². The average molecular weight is 474 g/mol. The number of non-ortho nitro benzene ring substituents is 1. The highest BCUT2D eigenvalue weighted by Gasteiger charge is 2.25. The van der Waals surface area contributed by atoms with E-state index in [1.807, 2.05) is 19.9 Å². The SMILES string of the molecule is Cc1ccc(C(=O)/C(Cc2ccc([N+](=O)[O-])cc2)=C(/C(=O)O)c2ccc3nsnc3c2)cc1C. The smallest absolute Gasteiger partial charge is 0.336 e. The molecule has 3 aromatic carbocycles. The summed E-state index contributed by atoms with van der Waals surface area (Å²) in [5.74, 6) is -1.67. The number of benzene rings is 3. The maximum atomic E-state index is 13.7. The Morgan fingerprint density at radius 1 is 0.912 bits per heavy atom. The fourth-order valence-electron chi connectivity index (χ4n) is 3.64. The molecule has 0 aliphatic heterocycles. The number of carbonyl (C=O) groups excluding carboxylic acids is 1. The molecule has 0 bridgehead atoms. The van der Waals surface area contributed by atoms with Crippen LogP contribution in [0, 0.1) is 24.0 Å². The van der Waals surface area contributed by atoms with Crippen molar-refractivity contribution in [3.8, 4) is 0 Å². The molecule has 0 saturated carbocycles. The molecule has 170 valence electrons. The molecule has 0 saturated heterocycles. The van der Waals surface area contributed by atoms with E-state index in [0.717, 1.165) is 22.9 Å². The molecular formula is C25H19N3O5S. The van der Waals surface area contributed by atoms with Crippen LogP contribution in [0.1, 0.15) is 32.6 Å². The molecule has 0 amide bonds. The molecule has 1 heterocycles. The van der Waals surface area contributed by atoms with Gasteiger partial charge >= 0.3 is 5.97 Å². The second kappa shape index (κ2) is 9.32. The number of nitrogens with zero attached hydrogens (tertiary/aromatic N) is 3. The van der Waals surface area contributed by atoms with Crippen LogP contribution in [0.2, 0.25) is 0 Å². The van der Waals surface area contributed by atoms with Crippen molar-refractivity contribution in [2.75, 3.05) is 0 Å². The van der Waals surface area contributed by atoms with E-state index >= 15 is 0 Å². The van der Waals surface area contributed by atoms with Crippen LogP contribution in [0.5, 0.6) is 0 Å². The lowest BCUT2D eigenvalue weighted by molar-refractivity contribution is -0.384. The van der Waals surface area contributed by atoms with Crippen molar-refractivity contribution >= 4 is 45.8 Å². The van der Waals surface area contributed by atoms with Gasteiger partial charge in [-0.2, -0.15) is 8.75 Å². The fraction of sp³-hybridized carbons (Fsp3) is 0.120. The minimum atomic E-state index is -1.25. The van der Waals surface area contributed by atoms with Gasteiger partial charge in [0.1, 0.15) is 11.0 Å². The van der Waals surface area contributed by atoms with Crippen molar-refractivity contribution in [2.24, 2.45) is 0 Å². The zero-order valence-corrected chi connectivity index (χ0v) is 19.1. The molecule has 0 aliphatic rings. The topological polar surface area (TPSA) is 123 Å². The van der Waals surface area contributed by atoms with E-state index < -0.39 is 16.7 Å². The number of nitro groups is 1. The lowest BCUT2D eigenvalue weighted by atomic mass is 9.88. The summed E-state index contributed by atoms with van der Waals surface area (Å²) < 4.78 is 8.33. The van der Waals surface area contributed by atoms with Gasteiger partial charge in [0, 0.05) is 29.7 Å². The summed E-state index contributed by atoms with van der Waals surface area (Å²) in [4.78, 5) is 36.6. The van der Waals surface area contributed by atoms with Crippen LogP contribution in [-0.2, 0) is 11.2 Å². The number of ketones is 1. The first-order valence-corrected chi connectivity index (χ1v) is 11.0. The van der Waals surface area contributed by atoms with Gasteiger partial charge in [0.25, 0.3) is 5.69 Å². The number of carbonyl (C=O) groups is 2.